The molecule has 5 rings (SSSR count). The van der Waals surface area contributed by atoms with Crippen LogP contribution in [0.25, 0.3) is 0 Å². The summed E-state index contributed by atoms with van der Waals surface area (Å²) in [5, 5.41) is 6.18. The molecule has 9 heteroatoms. The SMILES string of the molecule is CC(=O)Nc1sc2c(c1C(=O)OCC(=O)N1c3ccccc3NC(=O)C13CCCC3)CCCC2. The van der Waals surface area contributed by atoms with Gasteiger partial charge in [-0.3, -0.25) is 19.3 Å². The van der Waals surface area contributed by atoms with E-state index in [0.717, 1.165) is 49.0 Å². The highest BCUT2D eigenvalue weighted by Crippen LogP contribution is 2.45. The van der Waals surface area contributed by atoms with Gasteiger partial charge in [0.15, 0.2) is 6.61 Å². The van der Waals surface area contributed by atoms with E-state index in [9.17, 15) is 19.2 Å². The average Bonchev–Trinajstić information content (AvgIpc) is 3.43. The van der Waals surface area contributed by atoms with Gasteiger partial charge in [-0.1, -0.05) is 25.0 Å². The second-order valence-electron chi connectivity index (χ2n) is 9.11. The summed E-state index contributed by atoms with van der Waals surface area (Å²) in [5.41, 5.74) is 1.50. The number of hydrogen-bond donors (Lipinski definition) is 2. The Morgan fingerprint density at radius 2 is 1.85 bits per heavy atom. The number of fused-ring (bicyclic) bond motifs is 2. The van der Waals surface area contributed by atoms with E-state index in [1.165, 1.54) is 18.3 Å². The van der Waals surface area contributed by atoms with E-state index >= 15 is 0 Å². The molecule has 2 aliphatic carbocycles. The number of nitrogens with zero attached hydrogens (tertiary/aromatic N) is 1. The number of hydrogen-bond acceptors (Lipinski definition) is 6. The maximum absolute atomic E-state index is 13.5. The Kier molecular flexibility index (Phi) is 5.89. The van der Waals surface area contributed by atoms with Crippen LogP contribution < -0.4 is 15.5 Å². The third kappa shape index (κ3) is 3.77. The van der Waals surface area contributed by atoms with Crippen LogP contribution in [0.4, 0.5) is 16.4 Å². The molecule has 1 spiro atoms. The molecule has 0 saturated heterocycles. The number of carbonyl (C=O) groups is 4. The Labute approximate surface area is 201 Å². The molecule has 34 heavy (non-hydrogen) atoms. The van der Waals surface area contributed by atoms with Gasteiger partial charge in [0.2, 0.25) is 5.91 Å². The molecule has 1 aliphatic heterocycles. The minimum atomic E-state index is -0.958. The van der Waals surface area contributed by atoms with Crippen LogP contribution in [-0.4, -0.2) is 35.8 Å². The quantitative estimate of drug-likeness (QED) is 0.642. The molecule has 2 heterocycles. The Morgan fingerprint density at radius 3 is 2.62 bits per heavy atom. The summed E-state index contributed by atoms with van der Waals surface area (Å²) in [7, 11) is 0. The number of ether oxygens (including phenoxy) is 1. The molecule has 1 saturated carbocycles. The van der Waals surface area contributed by atoms with Crippen LogP contribution in [0, 0.1) is 0 Å². The maximum atomic E-state index is 13.5. The fourth-order valence-electron chi connectivity index (χ4n) is 5.42. The van der Waals surface area contributed by atoms with Crippen LogP contribution >= 0.6 is 11.3 Å². The van der Waals surface area contributed by atoms with Crippen LogP contribution in [0.1, 0.15) is 66.2 Å². The van der Waals surface area contributed by atoms with Gasteiger partial charge in [-0.25, -0.2) is 4.79 Å². The molecular formula is C25H27N3O5S. The zero-order valence-electron chi connectivity index (χ0n) is 19.1. The molecule has 3 aliphatic rings. The van der Waals surface area contributed by atoms with Gasteiger partial charge in [0, 0.05) is 11.8 Å². The Balaban J connectivity index is 1.41. The van der Waals surface area contributed by atoms with E-state index in [2.05, 4.69) is 10.6 Å². The smallest absolute Gasteiger partial charge is 0.341 e. The highest BCUT2D eigenvalue weighted by molar-refractivity contribution is 7.17. The molecule has 8 nitrogen and oxygen atoms in total. The van der Waals surface area contributed by atoms with Gasteiger partial charge in [-0.15, -0.1) is 11.3 Å². The van der Waals surface area contributed by atoms with Gasteiger partial charge >= 0.3 is 5.97 Å². The molecule has 1 aromatic heterocycles. The fourth-order valence-corrected chi connectivity index (χ4v) is 6.75. The summed E-state index contributed by atoms with van der Waals surface area (Å²) < 4.78 is 5.54. The second kappa shape index (κ2) is 8.87. The lowest BCUT2D eigenvalue weighted by molar-refractivity contribution is -0.129. The first-order valence-electron chi connectivity index (χ1n) is 11.7. The van der Waals surface area contributed by atoms with E-state index in [1.807, 2.05) is 6.07 Å². The minimum Gasteiger partial charge on any atom is -0.452 e. The maximum Gasteiger partial charge on any atom is 0.341 e. The summed E-state index contributed by atoms with van der Waals surface area (Å²) in [4.78, 5) is 54.1. The molecule has 2 N–H and O–H groups in total. The van der Waals surface area contributed by atoms with Gasteiger partial charge in [-0.2, -0.15) is 0 Å². The van der Waals surface area contributed by atoms with Crippen LogP contribution in [0.5, 0.6) is 0 Å². The lowest BCUT2D eigenvalue weighted by Gasteiger charge is -2.44. The van der Waals surface area contributed by atoms with Crippen molar-refractivity contribution in [1.29, 1.82) is 0 Å². The number of amides is 3. The van der Waals surface area contributed by atoms with Crippen LogP contribution in [0.2, 0.25) is 0 Å². The number of anilines is 3. The van der Waals surface area contributed by atoms with E-state index in [1.54, 1.807) is 23.1 Å². The van der Waals surface area contributed by atoms with Crippen molar-refractivity contribution in [3.63, 3.8) is 0 Å². The topological polar surface area (TPSA) is 105 Å². The molecule has 0 atom stereocenters. The highest BCUT2D eigenvalue weighted by Gasteiger charge is 2.52. The molecule has 2 aromatic rings. The molecule has 0 radical (unpaired) electrons. The minimum absolute atomic E-state index is 0.191. The standard InChI is InChI=1S/C25H27N3O5S/c1-15(29)26-22-21(16-8-2-5-11-19(16)34-22)23(31)33-14-20(30)28-18-10-4-3-9-17(18)27-24(32)25(28)12-6-7-13-25/h3-4,9-10H,2,5-8,11-14H2,1H3,(H,26,29)(H,27,32). The molecule has 178 valence electrons. The number of carbonyl (C=O) groups excluding carboxylic acids is 4. The average molecular weight is 482 g/mol. The van der Waals surface area contributed by atoms with Crippen molar-refractivity contribution in [2.45, 2.75) is 63.8 Å². The summed E-state index contributed by atoms with van der Waals surface area (Å²) >= 11 is 1.41. The van der Waals surface area contributed by atoms with Gasteiger partial charge in [0.1, 0.15) is 10.5 Å². The van der Waals surface area contributed by atoms with Crippen LogP contribution in [0.3, 0.4) is 0 Å². The van der Waals surface area contributed by atoms with Crippen molar-refractivity contribution in [3.8, 4) is 0 Å². The van der Waals surface area contributed by atoms with E-state index < -0.39 is 24.0 Å². The van der Waals surface area contributed by atoms with Crippen molar-refractivity contribution >= 4 is 51.4 Å². The Hall–Kier alpha value is -3.20. The van der Waals surface area contributed by atoms with E-state index in [-0.39, 0.29) is 11.8 Å². The molecule has 0 bridgehead atoms. The third-order valence-corrected chi connectivity index (χ3v) is 8.12. The number of nitrogens with one attached hydrogen (secondary N) is 2. The van der Waals surface area contributed by atoms with E-state index in [4.69, 9.17) is 4.74 Å². The number of thiophene rings is 1. The number of rotatable bonds is 4. The molecule has 1 fully saturated rings. The van der Waals surface area contributed by atoms with Crippen molar-refractivity contribution in [3.05, 3.63) is 40.3 Å². The van der Waals surface area contributed by atoms with Crippen molar-refractivity contribution < 1.29 is 23.9 Å². The number of aryl methyl sites for hydroxylation is 1. The third-order valence-electron chi connectivity index (χ3n) is 6.92. The van der Waals surface area contributed by atoms with Crippen LogP contribution in [-0.2, 0) is 32.0 Å². The monoisotopic (exact) mass is 481 g/mol. The van der Waals surface area contributed by atoms with Gasteiger partial charge in [0.05, 0.1) is 16.9 Å². The molecular weight excluding hydrogens is 454 g/mol. The number of para-hydroxylation sites is 2. The number of esters is 1. The molecule has 0 unspecified atom stereocenters. The molecule has 3 amide bonds. The summed E-state index contributed by atoms with van der Waals surface area (Å²) in [6.45, 7) is 0.920. The first-order valence-corrected chi connectivity index (χ1v) is 12.5. The van der Waals surface area contributed by atoms with Gasteiger partial charge in [0.25, 0.3) is 11.8 Å². The molecule has 1 aromatic carbocycles. The van der Waals surface area contributed by atoms with Crippen molar-refractivity contribution in [2.75, 3.05) is 22.1 Å². The Bertz CT molecular complexity index is 1180. The second-order valence-corrected chi connectivity index (χ2v) is 10.2. The summed E-state index contributed by atoms with van der Waals surface area (Å²) in [6, 6.07) is 7.19. The van der Waals surface area contributed by atoms with Gasteiger partial charge in [-0.05, 0) is 56.2 Å². The lowest BCUT2D eigenvalue weighted by Crippen LogP contribution is -2.61. The normalized spacial score (nSPS) is 18.1. The predicted octanol–water partition coefficient (Wildman–Crippen LogP) is 4.04. The predicted molar refractivity (Wildman–Crippen MR) is 129 cm³/mol. The van der Waals surface area contributed by atoms with Crippen LogP contribution in [0.15, 0.2) is 24.3 Å². The number of benzene rings is 1. The first-order chi connectivity index (χ1) is 16.4. The summed E-state index contributed by atoms with van der Waals surface area (Å²) in [6.07, 6.45) is 6.44. The largest absolute Gasteiger partial charge is 0.452 e. The highest BCUT2D eigenvalue weighted by atomic mass is 32.1. The zero-order chi connectivity index (χ0) is 23.9. The zero-order valence-corrected chi connectivity index (χ0v) is 19.9. The van der Waals surface area contributed by atoms with Crippen molar-refractivity contribution in [2.24, 2.45) is 0 Å². The van der Waals surface area contributed by atoms with Crippen molar-refractivity contribution in [1.82, 2.24) is 0 Å². The first kappa shape index (κ1) is 22.6. The summed E-state index contributed by atoms with van der Waals surface area (Å²) in [5.74, 6) is -1.50. The Morgan fingerprint density at radius 1 is 1.12 bits per heavy atom. The van der Waals surface area contributed by atoms with Gasteiger partial charge < -0.3 is 15.4 Å². The fraction of sp³-hybridized carbons (Fsp3) is 0.440. The lowest BCUT2D eigenvalue weighted by atomic mass is 9.90. The van der Waals surface area contributed by atoms with E-state index in [0.29, 0.717) is 34.8 Å².